The maximum absolute atomic E-state index is 13.3. The van der Waals surface area contributed by atoms with Crippen LogP contribution >= 0.6 is 11.6 Å². The van der Waals surface area contributed by atoms with Crippen molar-refractivity contribution >= 4 is 28.7 Å². The minimum atomic E-state index is -0.676. The van der Waals surface area contributed by atoms with E-state index in [4.69, 9.17) is 11.6 Å². The van der Waals surface area contributed by atoms with Crippen molar-refractivity contribution in [3.63, 3.8) is 0 Å². The molecule has 0 fully saturated rings. The summed E-state index contributed by atoms with van der Waals surface area (Å²) in [6.07, 6.45) is 0. The van der Waals surface area contributed by atoms with Crippen molar-refractivity contribution in [2.24, 2.45) is 5.16 Å². The average Bonchev–Trinajstić information content (AvgIpc) is 2.58. The lowest BCUT2D eigenvalue weighted by Gasteiger charge is -2.12. The van der Waals surface area contributed by atoms with Gasteiger partial charge in [-0.05, 0) is 42.8 Å². The molecule has 0 atom stereocenters. The summed E-state index contributed by atoms with van der Waals surface area (Å²) >= 11 is 6.35. The molecule has 0 aromatic heterocycles. The number of benzene rings is 3. The number of nitrogens with one attached hydrogen (secondary N) is 1. The predicted molar refractivity (Wildman–Crippen MR) is 99.7 cm³/mol. The molecule has 0 aliphatic rings. The number of rotatable bonds is 4. The fourth-order valence-corrected chi connectivity index (χ4v) is 2.94. The lowest BCUT2D eigenvalue weighted by Crippen LogP contribution is -2.06. The van der Waals surface area contributed by atoms with Crippen molar-refractivity contribution in [2.45, 2.75) is 6.92 Å². The zero-order valence-electron chi connectivity index (χ0n) is 13.8. The quantitative estimate of drug-likeness (QED) is 0.340. The molecule has 0 saturated carbocycles. The molecule has 0 saturated heterocycles. The molecule has 3 rings (SSSR count). The van der Waals surface area contributed by atoms with Gasteiger partial charge >= 0.3 is 0 Å². The molecule has 0 aliphatic heterocycles. The molecular formula is C20H15ClF2N2O. The van der Waals surface area contributed by atoms with Crippen molar-refractivity contribution < 1.29 is 14.0 Å². The summed E-state index contributed by atoms with van der Waals surface area (Å²) in [4.78, 5) is 0. The summed E-state index contributed by atoms with van der Waals surface area (Å²) in [5.41, 5.74) is 3.39. The Morgan fingerprint density at radius 1 is 0.923 bits per heavy atom. The predicted octanol–water partition coefficient (Wildman–Crippen LogP) is 5.90. The second-order valence-electron chi connectivity index (χ2n) is 5.74. The van der Waals surface area contributed by atoms with Crippen LogP contribution in [0, 0.1) is 18.6 Å². The third-order valence-electron chi connectivity index (χ3n) is 3.88. The van der Waals surface area contributed by atoms with Crippen LogP contribution in [-0.4, -0.2) is 10.9 Å². The first-order valence-electron chi connectivity index (χ1n) is 7.79. The van der Waals surface area contributed by atoms with Crippen molar-refractivity contribution in [3.8, 4) is 0 Å². The van der Waals surface area contributed by atoms with Crippen LogP contribution in [0.4, 0.5) is 20.2 Å². The molecule has 26 heavy (non-hydrogen) atoms. The van der Waals surface area contributed by atoms with E-state index in [0.29, 0.717) is 22.0 Å². The van der Waals surface area contributed by atoms with Crippen LogP contribution in [0.1, 0.15) is 16.7 Å². The van der Waals surface area contributed by atoms with E-state index in [9.17, 15) is 14.0 Å². The van der Waals surface area contributed by atoms with Crippen LogP contribution in [0.2, 0.25) is 5.02 Å². The van der Waals surface area contributed by atoms with E-state index < -0.39 is 11.6 Å². The number of hydrogen-bond acceptors (Lipinski definition) is 3. The fourth-order valence-electron chi connectivity index (χ4n) is 2.67. The monoisotopic (exact) mass is 372 g/mol. The number of hydrogen-bond donors (Lipinski definition) is 2. The fraction of sp³-hybridized carbons (Fsp3) is 0.0500. The van der Waals surface area contributed by atoms with Gasteiger partial charge in [0.15, 0.2) is 0 Å². The van der Waals surface area contributed by atoms with Gasteiger partial charge in [-0.3, -0.25) is 0 Å². The molecule has 0 amide bonds. The number of halogens is 3. The molecule has 132 valence electrons. The van der Waals surface area contributed by atoms with Gasteiger partial charge in [-0.1, -0.05) is 41.0 Å². The van der Waals surface area contributed by atoms with Crippen molar-refractivity contribution in [3.05, 3.63) is 94.0 Å². The number of oxime groups is 1. The maximum atomic E-state index is 13.3. The Morgan fingerprint density at radius 2 is 1.62 bits per heavy atom. The van der Waals surface area contributed by atoms with Crippen molar-refractivity contribution in [1.82, 2.24) is 0 Å². The highest BCUT2D eigenvalue weighted by Gasteiger charge is 2.14. The van der Waals surface area contributed by atoms with Crippen LogP contribution in [0.25, 0.3) is 0 Å². The zero-order valence-corrected chi connectivity index (χ0v) is 14.6. The summed E-state index contributed by atoms with van der Waals surface area (Å²) in [5, 5.41) is 16.1. The lowest BCUT2D eigenvalue weighted by atomic mass is 9.98. The summed E-state index contributed by atoms with van der Waals surface area (Å²) in [6, 6.07) is 15.6. The van der Waals surface area contributed by atoms with Gasteiger partial charge in [-0.2, -0.15) is 0 Å². The van der Waals surface area contributed by atoms with E-state index in [1.54, 1.807) is 18.2 Å². The second kappa shape index (κ2) is 7.54. The standard InChI is InChI=1S/C20H15ClF2N2O/c1-12-4-2-3-5-17(12)20(25-26)18-7-6-15(11-19(18)21)24-16-9-13(22)8-14(23)10-16/h2-11,24,26H,1H3/b25-20-. The van der Waals surface area contributed by atoms with Crippen molar-refractivity contribution in [2.75, 3.05) is 5.32 Å². The molecular weight excluding hydrogens is 358 g/mol. The lowest BCUT2D eigenvalue weighted by molar-refractivity contribution is 0.319. The Balaban J connectivity index is 1.93. The minimum Gasteiger partial charge on any atom is -0.410 e. The van der Waals surface area contributed by atoms with Crippen LogP contribution in [0.3, 0.4) is 0 Å². The van der Waals surface area contributed by atoms with Gasteiger partial charge in [-0.15, -0.1) is 0 Å². The molecule has 0 heterocycles. The molecule has 3 aromatic rings. The Morgan fingerprint density at radius 3 is 2.23 bits per heavy atom. The largest absolute Gasteiger partial charge is 0.410 e. The molecule has 0 bridgehead atoms. The number of nitrogens with zero attached hydrogens (tertiary/aromatic N) is 1. The van der Waals surface area contributed by atoms with E-state index in [-0.39, 0.29) is 5.69 Å². The highest BCUT2D eigenvalue weighted by Crippen LogP contribution is 2.27. The molecule has 2 N–H and O–H groups in total. The Labute approximate surface area is 154 Å². The average molecular weight is 373 g/mol. The maximum Gasteiger partial charge on any atom is 0.128 e. The minimum absolute atomic E-state index is 0.265. The van der Waals surface area contributed by atoms with Gasteiger partial charge in [0.1, 0.15) is 17.3 Å². The molecule has 3 nitrogen and oxygen atoms in total. The van der Waals surface area contributed by atoms with E-state index >= 15 is 0 Å². The molecule has 6 heteroatoms. The first-order chi connectivity index (χ1) is 12.5. The second-order valence-corrected chi connectivity index (χ2v) is 6.15. The summed E-state index contributed by atoms with van der Waals surface area (Å²) in [6.45, 7) is 1.91. The van der Waals surface area contributed by atoms with Crippen LogP contribution in [0.5, 0.6) is 0 Å². The van der Waals surface area contributed by atoms with Crippen molar-refractivity contribution in [1.29, 1.82) is 0 Å². The van der Waals surface area contributed by atoms with E-state index in [1.807, 2.05) is 31.2 Å². The van der Waals surface area contributed by atoms with Gasteiger partial charge in [0.2, 0.25) is 0 Å². The van der Waals surface area contributed by atoms with Crippen LogP contribution in [-0.2, 0) is 0 Å². The Hall–Kier alpha value is -2.92. The van der Waals surface area contributed by atoms with Gasteiger partial charge in [0.05, 0.1) is 5.02 Å². The molecule has 0 radical (unpaired) electrons. The summed E-state index contributed by atoms with van der Waals surface area (Å²) < 4.78 is 26.6. The van der Waals surface area contributed by atoms with E-state index in [0.717, 1.165) is 17.2 Å². The van der Waals surface area contributed by atoms with E-state index in [1.165, 1.54) is 12.1 Å². The first kappa shape index (κ1) is 17.9. The van der Waals surface area contributed by atoms with Crippen LogP contribution in [0.15, 0.2) is 65.8 Å². The van der Waals surface area contributed by atoms with Gasteiger partial charge in [0, 0.05) is 28.6 Å². The number of anilines is 2. The summed E-state index contributed by atoms with van der Waals surface area (Å²) in [7, 11) is 0. The molecule has 0 unspecified atom stereocenters. The normalized spacial score (nSPS) is 11.5. The Kier molecular flexibility index (Phi) is 5.19. The topological polar surface area (TPSA) is 44.6 Å². The SMILES string of the molecule is Cc1ccccc1/C(=N/O)c1ccc(Nc2cc(F)cc(F)c2)cc1Cl. The first-order valence-corrected chi connectivity index (χ1v) is 8.17. The zero-order chi connectivity index (χ0) is 18.7. The van der Waals surface area contributed by atoms with E-state index in [2.05, 4.69) is 10.5 Å². The third kappa shape index (κ3) is 3.83. The molecule has 3 aromatic carbocycles. The highest BCUT2D eigenvalue weighted by molar-refractivity contribution is 6.35. The molecule has 0 spiro atoms. The smallest absolute Gasteiger partial charge is 0.128 e. The summed E-state index contributed by atoms with van der Waals surface area (Å²) in [5.74, 6) is -1.35. The third-order valence-corrected chi connectivity index (χ3v) is 4.19. The molecule has 0 aliphatic carbocycles. The van der Waals surface area contributed by atoms with Gasteiger partial charge < -0.3 is 10.5 Å². The number of aryl methyl sites for hydroxylation is 1. The van der Waals surface area contributed by atoms with Crippen LogP contribution < -0.4 is 5.32 Å². The van der Waals surface area contributed by atoms with Gasteiger partial charge in [-0.25, -0.2) is 8.78 Å². The highest BCUT2D eigenvalue weighted by atomic mass is 35.5. The van der Waals surface area contributed by atoms with Gasteiger partial charge in [0.25, 0.3) is 0 Å². The Bertz CT molecular complexity index is 969.